The highest BCUT2D eigenvalue weighted by molar-refractivity contribution is 6.18. The van der Waals surface area contributed by atoms with Crippen LogP contribution in [0.2, 0.25) is 0 Å². The molecule has 0 aliphatic carbocycles. The quantitative estimate of drug-likeness (QED) is 0.770. The summed E-state index contributed by atoms with van der Waals surface area (Å²) in [7, 11) is 0. The summed E-state index contributed by atoms with van der Waals surface area (Å²) in [6.07, 6.45) is 2.60. The monoisotopic (exact) mass is 246 g/mol. The fourth-order valence-corrected chi connectivity index (χ4v) is 2.48. The molecule has 0 spiro atoms. The van der Waals surface area contributed by atoms with E-state index >= 15 is 0 Å². The molecule has 0 radical (unpaired) electrons. The number of amides is 1. The zero-order chi connectivity index (χ0) is 12.2. The first-order valence-electron chi connectivity index (χ1n) is 6.05. The van der Waals surface area contributed by atoms with E-state index in [4.69, 9.17) is 17.3 Å². The average molecular weight is 247 g/mol. The molecule has 1 rings (SSSR count). The van der Waals surface area contributed by atoms with Crippen molar-refractivity contribution in [3.8, 4) is 0 Å². The van der Waals surface area contributed by atoms with E-state index in [2.05, 4.69) is 13.8 Å². The molecule has 0 aromatic carbocycles. The Balaban J connectivity index is 2.42. The normalized spacial score (nSPS) is 18.9. The Morgan fingerprint density at radius 2 is 2.00 bits per heavy atom. The predicted octanol–water partition coefficient (Wildman–Crippen LogP) is 1.84. The van der Waals surface area contributed by atoms with Crippen LogP contribution in [0.15, 0.2) is 0 Å². The lowest BCUT2D eigenvalue weighted by Crippen LogP contribution is -2.44. The second-order valence-electron chi connectivity index (χ2n) is 5.29. The molecule has 94 valence electrons. The van der Waals surface area contributed by atoms with Crippen LogP contribution in [0.1, 0.15) is 33.1 Å². The van der Waals surface area contributed by atoms with Gasteiger partial charge in [0, 0.05) is 25.4 Å². The lowest BCUT2D eigenvalue weighted by molar-refractivity contribution is -0.132. The number of hydrogen-bond donors (Lipinski definition) is 1. The third-order valence-electron chi connectivity index (χ3n) is 3.79. The van der Waals surface area contributed by atoms with Gasteiger partial charge in [-0.15, -0.1) is 11.6 Å². The van der Waals surface area contributed by atoms with Crippen molar-refractivity contribution in [3.63, 3.8) is 0 Å². The van der Waals surface area contributed by atoms with Crippen LogP contribution in [0.5, 0.6) is 0 Å². The molecule has 1 heterocycles. The molecule has 16 heavy (non-hydrogen) atoms. The molecule has 2 N–H and O–H groups in total. The van der Waals surface area contributed by atoms with Gasteiger partial charge in [-0.25, -0.2) is 0 Å². The molecular weight excluding hydrogens is 224 g/mol. The SMILES string of the molecule is CC(C)(CN)C1CCN(C(=O)CCCl)CC1. The van der Waals surface area contributed by atoms with Gasteiger partial charge in [-0.3, -0.25) is 4.79 Å². The standard InChI is InChI=1S/C12H23ClN2O/c1-12(2,9-14)10-4-7-15(8-5-10)11(16)3-6-13/h10H,3-9,14H2,1-2H3. The summed E-state index contributed by atoms with van der Waals surface area (Å²) in [5, 5.41) is 0. The molecule has 4 heteroatoms. The number of alkyl halides is 1. The highest BCUT2D eigenvalue weighted by Gasteiger charge is 2.32. The van der Waals surface area contributed by atoms with Crippen LogP contribution in [0.25, 0.3) is 0 Å². The number of nitrogens with two attached hydrogens (primary N) is 1. The minimum atomic E-state index is 0.194. The fourth-order valence-electron chi connectivity index (χ4n) is 2.32. The van der Waals surface area contributed by atoms with E-state index in [9.17, 15) is 4.79 Å². The first-order chi connectivity index (χ1) is 7.51. The molecule has 1 aliphatic heterocycles. The minimum Gasteiger partial charge on any atom is -0.343 e. The Morgan fingerprint density at radius 1 is 1.44 bits per heavy atom. The summed E-state index contributed by atoms with van der Waals surface area (Å²) < 4.78 is 0. The molecule has 0 unspecified atom stereocenters. The summed E-state index contributed by atoms with van der Waals surface area (Å²) in [4.78, 5) is 13.6. The predicted molar refractivity (Wildman–Crippen MR) is 67.5 cm³/mol. The van der Waals surface area contributed by atoms with Gasteiger partial charge in [0.25, 0.3) is 0 Å². The van der Waals surface area contributed by atoms with E-state index in [1.807, 2.05) is 4.90 Å². The number of likely N-dealkylation sites (tertiary alicyclic amines) is 1. The van der Waals surface area contributed by atoms with E-state index in [0.717, 1.165) is 25.9 Å². The third-order valence-corrected chi connectivity index (χ3v) is 3.98. The topological polar surface area (TPSA) is 46.3 Å². The Kier molecular flexibility index (Phi) is 5.06. The number of halogens is 1. The van der Waals surface area contributed by atoms with Crippen molar-refractivity contribution < 1.29 is 4.79 Å². The van der Waals surface area contributed by atoms with Crippen LogP contribution in [0.4, 0.5) is 0 Å². The van der Waals surface area contributed by atoms with Crippen molar-refractivity contribution in [2.45, 2.75) is 33.1 Å². The van der Waals surface area contributed by atoms with Gasteiger partial charge in [0.15, 0.2) is 0 Å². The molecule has 0 bridgehead atoms. The summed E-state index contributed by atoms with van der Waals surface area (Å²) in [5.74, 6) is 1.25. The van der Waals surface area contributed by atoms with Crippen LogP contribution in [-0.2, 0) is 4.79 Å². The van der Waals surface area contributed by atoms with Crippen molar-refractivity contribution in [3.05, 3.63) is 0 Å². The van der Waals surface area contributed by atoms with Gasteiger partial charge in [0.1, 0.15) is 0 Å². The third kappa shape index (κ3) is 3.36. The fraction of sp³-hybridized carbons (Fsp3) is 0.917. The minimum absolute atomic E-state index is 0.194. The van der Waals surface area contributed by atoms with E-state index < -0.39 is 0 Å². The van der Waals surface area contributed by atoms with Crippen molar-refractivity contribution in [1.29, 1.82) is 0 Å². The lowest BCUT2D eigenvalue weighted by Gasteiger charge is -2.40. The number of carbonyl (C=O) groups is 1. The molecule has 1 saturated heterocycles. The Labute approximate surface area is 103 Å². The maximum absolute atomic E-state index is 11.6. The zero-order valence-corrected chi connectivity index (χ0v) is 11.1. The molecule has 3 nitrogen and oxygen atoms in total. The Hall–Kier alpha value is -0.280. The Morgan fingerprint density at radius 3 is 2.44 bits per heavy atom. The highest BCUT2D eigenvalue weighted by atomic mass is 35.5. The second-order valence-corrected chi connectivity index (χ2v) is 5.66. The van der Waals surface area contributed by atoms with Crippen molar-refractivity contribution in [1.82, 2.24) is 4.90 Å². The van der Waals surface area contributed by atoms with Crippen LogP contribution in [0.3, 0.4) is 0 Å². The molecule has 0 atom stereocenters. The number of piperidine rings is 1. The van der Waals surface area contributed by atoms with Crippen molar-refractivity contribution in [2.75, 3.05) is 25.5 Å². The number of nitrogens with zero attached hydrogens (tertiary/aromatic N) is 1. The zero-order valence-electron chi connectivity index (χ0n) is 10.3. The van der Waals surface area contributed by atoms with Crippen LogP contribution < -0.4 is 5.73 Å². The van der Waals surface area contributed by atoms with E-state index in [-0.39, 0.29) is 11.3 Å². The van der Waals surface area contributed by atoms with E-state index in [1.54, 1.807) is 0 Å². The average Bonchev–Trinajstić information content (AvgIpc) is 2.29. The Bertz CT molecular complexity index is 235. The summed E-state index contributed by atoms with van der Waals surface area (Å²) >= 11 is 5.58. The molecule has 1 fully saturated rings. The maximum Gasteiger partial charge on any atom is 0.223 e. The first-order valence-corrected chi connectivity index (χ1v) is 6.58. The molecule has 1 aliphatic rings. The van der Waals surface area contributed by atoms with Gasteiger partial charge < -0.3 is 10.6 Å². The largest absolute Gasteiger partial charge is 0.343 e. The lowest BCUT2D eigenvalue weighted by atomic mass is 9.74. The van der Waals surface area contributed by atoms with Gasteiger partial charge in [0.2, 0.25) is 5.91 Å². The summed E-state index contributed by atoms with van der Waals surface area (Å²) in [6.45, 7) is 6.88. The molecule has 0 saturated carbocycles. The number of rotatable bonds is 4. The number of carbonyl (C=O) groups excluding carboxylic acids is 1. The molecule has 0 aromatic rings. The second kappa shape index (κ2) is 5.87. The molecule has 0 aromatic heterocycles. The van der Waals surface area contributed by atoms with Crippen LogP contribution in [-0.4, -0.2) is 36.3 Å². The first kappa shape index (κ1) is 13.8. The van der Waals surface area contributed by atoms with E-state index in [1.165, 1.54) is 0 Å². The van der Waals surface area contributed by atoms with Crippen molar-refractivity contribution in [2.24, 2.45) is 17.1 Å². The maximum atomic E-state index is 11.6. The highest BCUT2D eigenvalue weighted by Crippen LogP contribution is 2.34. The van der Waals surface area contributed by atoms with Gasteiger partial charge >= 0.3 is 0 Å². The summed E-state index contributed by atoms with van der Waals surface area (Å²) in [5.41, 5.74) is 5.98. The van der Waals surface area contributed by atoms with Crippen LogP contribution >= 0.6 is 11.6 Å². The van der Waals surface area contributed by atoms with E-state index in [0.29, 0.717) is 24.8 Å². The van der Waals surface area contributed by atoms with Crippen molar-refractivity contribution >= 4 is 17.5 Å². The molecular formula is C12H23ClN2O. The van der Waals surface area contributed by atoms with Gasteiger partial charge in [-0.1, -0.05) is 13.8 Å². The smallest absolute Gasteiger partial charge is 0.223 e. The van der Waals surface area contributed by atoms with Gasteiger partial charge in [0.05, 0.1) is 0 Å². The van der Waals surface area contributed by atoms with Crippen LogP contribution in [0, 0.1) is 11.3 Å². The number of hydrogen-bond acceptors (Lipinski definition) is 2. The molecule has 1 amide bonds. The van der Waals surface area contributed by atoms with Gasteiger partial charge in [-0.2, -0.15) is 0 Å². The van der Waals surface area contributed by atoms with Gasteiger partial charge in [-0.05, 0) is 30.7 Å². The summed E-state index contributed by atoms with van der Waals surface area (Å²) in [6, 6.07) is 0.